The first-order chi connectivity index (χ1) is 18.7. The summed E-state index contributed by atoms with van der Waals surface area (Å²) in [5, 5.41) is 3.33. The van der Waals surface area contributed by atoms with Crippen LogP contribution in [-0.4, -0.2) is 44.3 Å². The van der Waals surface area contributed by atoms with Gasteiger partial charge >= 0.3 is 0 Å². The van der Waals surface area contributed by atoms with Gasteiger partial charge in [0.05, 0.1) is 10.6 Å². The van der Waals surface area contributed by atoms with Gasteiger partial charge in [-0.05, 0) is 61.7 Å². The maximum absolute atomic E-state index is 14.0. The van der Waals surface area contributed by atoms with Crippen LogP contribution in [-0.2, 0) is 26.2 Å². The minimum Gasteiger partial charge on any atom is -0.354 e. The molecule has 208 valence electrons. The Morgan fingerprint density at radius 3 is 2.15 bits per heavy atom. The molecule has 7 nitrogen and oxygen atoms in total. The first-order valence-electron chi connectivity index (χ1n) is 13.1. The molecule has 0 unspecified atom stereocenters. The number of hydrogen-bond acceptors (Lipinski definition) is 4. The maximum atomic E-state index is 14.0. The quantitative estimate of drug-likeness (QED) is 0.273. The number of nitrogens with zero attached hydrogens (tertiary/aromatic N) is 2. The van der Waals surface area contributed by atoms with E-state index in [1.165, 1.54) is 29.2 Å². The number of carbonyl (C=O) groups is 2. The van der Waals surface area contributed by atoms with E-state index < -0.39 is 28.5 Å². The molecule has 0 bridgehead atoms. The Hall–Kier alpha value is -3.36. The Balaban J connectivity index is 2.01. The lowest BCUT2D eigenvalue weighted by Gasteiger charge is -2.33. The molecular weight excluding hydrogens is 534 g/mol. The van der Waals surface area contributed by atoms with E-state index in [1.54, 1.807) is 24.3 Å². The average molecular weight is 570 g/mol. The molecule has 2 amide bonds. The molecule has 0 saturated heterocycles. The molecule has 0 radical (unpaired) electrons. The van der Waals surface area contributed by atoms with Gasteiger partial charge in [0.1, 0.15) is 12.6 Å². The zero-order valence-electron chi connectivity index (χ0n) is 22.6. The van der Waals surface area contributed by atoms with Gasteiger partial charge in [0, 0.05) is 18.1 Å². The van der Waals surface area contributed by atoms with Crippen molar-refractivity contribution in [3.05, 3.63) is 95.0 Å². The molecule has 0 aliphatic rings. The number of carbonyl (C=O) groups excluding carboxylic acids is 2. The van der Waals surface area contributed by atoms with Crippen LogP contribution in [0.3, 0.4) is 0 Å². The van der Waals surface area contributed by atoms with Crippen molar-refractivity contribution in [3.63, 3.8) is 0 Å². The molecule has 39 heavy (non-hydrogen) atoms. The smallest absolute Gasteiger partial charge is 0.264 e. The van der Waals surface area contributed by atoms with Crippen LogP contribution in [0.15, 0.2) is 83.8 Å². The number of halogens is 1. The van der Waals surface area contributed by atoms with E-state index in [4.69, 9.17) is 11.6 Å². The van der Waals surface area contributed by atoms with Gasteiger partial charge < -0.3 is 10.2 Å². The van der Waals surface area contributed by atoms with Crippen molar-refractivity contribution in [2.45, 2.75) is 57.5 Å². The number of anilines is 1. The fourth-order valence-electron chi connectivity index (χ4n) is 4.18. The standard InChI is InChI=1S/C30H36ClN3O4S/c1-4-6-20-32-30(36)28(5-2)33(21-24-10-8-7-9-11-24)29(35)22-34(26-16-12-23(3)13-17-26)39(37,38)27-18-14-25(31)15-19-27/h7-19,28H,4-6,20-22H2,1-3H3,(H,32,36)/t28-/m0/s1. The van der Waals surface area contributed by atoms with Crippen LogP contribution >= 0.6 is 11.6 Å². The second-order valence-electron chi connectivity index (χ2n) is 9.38. The molecule has 3 rings (SSSR count). The molecule has 3 aromatic carbocycles. The molecule has 0 aromatic heterocycles. The third-order valence-corrected chi connectivity index (χ3v) is 8.45. The van der Waals surface area contributed by atoms with E-state index >= 15 is 0 Å². The second kappa shape index (κ2) is 14.1. The molecule has 3 aromatic rings. The maximum Gasteiger partial charge on any atom is 0.264 e. The monoisotopic (exact) mass is 569 g/mol. The van der Waals surface area contributed by atoms with Crippen molar-refractivity contribution in [3.8, 4) is 0 Å². The second-order valence-corrected chi connectivity index (χ2v) is 11.7. The van der Waals surface area contributed by atoms with Crippen LogP contribution in [0.25, 0.3) is 0 Å². The minimum atomic E-state index is -4.13. The Morgan fingerprint density at radius 1 is 0.923 bits per heavy atom. The van der Waals surface area contributed by atoms with Gasteiger partial charge in [-0.25, -0.2) is 8.42 Å². The molecule has 1 atom stereocenters. The summed E-state index contributed by atoms with van der Waals surface area (Å²) in [5.74, 6) is -0.730. The molecule has 0 spiro atoms. The number of unbranched alkanes of at least 4 members (excludes halogenated alkanes) is 1. The average Bonchev–Trinajstić information content (AvgIpc) is 2.93. The predicted molar refractivity (Wildman–Crippen MR) is 156 cm³/mol. The third-order valence-electron chi connectivity index (χ3n) is 6.41. The number of amides is 2. The zero-order chi connectivity index (χ0) is 28.4. The van der Waals surface area contributed by atoms with Gasteiger partial charge in [0.15, 0.2) is 0 Å². The number of aryl methyl sites for hydroxylation is 1. The van der Waals surface area contributed by atoms with Crippen LogP contribution in [0.4, 0.5) is 5.69 Å². The summed E-state index contributed by atoms with van der Waals surface area (Å²) in [6.45, 7) is 5.99. The number of benzene rings is 3. The Bertz CT molecular complexity index is 1330. The summed E-state index contributed by atoms with van der Waals surface area (Å²) in [6, 6.07) is 21.4. The number of sulfonamides is 1. The van der Waals surface area contributed by atoms with Crippen LogP contribution < -0.4 is 9.62 Å². The fraction of sp³-hybridized carbons (Fsp3) is 0.333. The molecular formula is C30H36ClN3O4S. The summed E-state index contributed by atoms with van der Waals surface area (Å²) >= 11 is 6.00. The first-order valence-corrected chi connectivity index (χ1v) is 14.9. The minimum absolute atomic E-state index is 0.0132. The highest BCUT2D eigenvalue weighted by molar-refractivity contribution is 7.92. The lowest BCUT2D eigenvalue weighted by molar-refractivity contribution is -0.140. The van der Waals surface area contributed by atoms with E-state index in [1.807, 2.05) is 51.1 Å². The van der Waals surface area contributed by atoms with E-state index in [0.717, 1.165) is 28.3 Å². The topological polar surface area (TPSA) is 86.8 Å². The van der Waals surface area contributed by atoms with E-state index in [9.17, 15) is 18.0 Å². The summed E-state index contributed by atoms with van der Waals surface area (Å²) in [4.78, 5) is 28.7. The van der Waals surface area contributed by atoms with E-state index in [2.05, 4.69) is 5.32 Å². The summed E-state index contributed by atoms with van der Waals surface area (Å²) in [7, 11) is -4.13. The largest absolute Gasteiger partial charge is 0.354 e. The fourth-order valence-corrected chi connectivity index (χ4v) is 5.72. The van der Waals surface area contributed by atoms with Gasteiger partial charge in [-0.2, -0.15) is 0 Å². The van der Waals surface area contributed by atoms with Crippen LogP contribution in [0, 0.1) is 6.92 Å². The third kappa shape index (κ3) is 8.07. The van der Waals surface area contributed by atoms with Crippen molar-refractivity contribution in [2.75, 3.05) is 17.4 Å². The van der Waals surface area contributed by atoms with E-state index in [-0.39, 0.29) is 17.3 Å². The molecule has 0 aliphatic carbocycles. The molecule has 0 aliphatic heterocycles. The van der Waals surface area contributed by atoms with Gasteiger partial charge in [-0.15, -0.1) is 0 Å². The van der Waals surface area contributed by atoms with Crippen LogP contribution in [0.2, 0.25) is 5.02 Å². The van der Waals surface area contributed by atoms with Crippen molar-refractivity contribution >= 4 is 39.1 Å². The van der Waals surface area contributed by atoms with Gasteiger partial charge in [-0.1, -0.05) is 79.9 Å². The highest BCUT2D eigenvalue weighted by atomic mass is 35.5. The zero-order valence-corrected chi connectivity index (χ0v) is 24.2. The highest BCUT2D eigenvalue weighted by Crippen LogP contribution is 2.26. The van der Waals surface area contributed by atoms with Crippen molar-refractivity contribution in [1.82, 2.24) is 10.2 Å². The Labute approximate surface area is 236 Å². The molecule has 9 heteroatoms. The number of hydrogen-bond donors (Lipinski definition) is 1. The van der Waals surface area contributed by atoms with Gasteiger partial charge in [-0.3, -0.25) is 13.9 Å². The number of nitrogens with one attached hydrogen (secondary N) is 1. The van der Waals surface area contributed by atoms with Crippen LogP contribution in [0.5, 0.6) is 0 Å². The Morgan fingerprint density at radius 2 is 1.56 bits per heavy atom. The molecule has 1 N–H and O–H groups in total. The lowest BCUT2D eigenvalue weighted by atomic mass is 10.1. The van der Waals surface area contributed by atoms with Crippen molar-refractivity contribution < 1.29 is 18.0 Å². The van der Waals surface area contributed by atoms with Crippen molar-refractivity contribution in [2.24, 2.45) is 0 Å². The molecule has 0 heterocycles. The molecule has 0 saturated carbocycles. The summed E-state index contributed by atoms with van der Waals surface area (Å²) in [5.41, 5.74) is 2.14. The van der Waals surface area contributed by atoms with Gasteiger partial charge in [0.25, 0.3) is 10.0 Å². The summed E-state index contributed by atoms with van der Waals surface area (Å²) < 4.78 is 28.7. The SMILES string of the molecule is CCCCNC(=O)[C@H](CC)N(Cc1ccccc1)C(=O)CN(c1ccc(C)cc1)S(=O)(=O)c1ccc(Cl)cc1. The number of rotatable bonds is 13. The normalized spacial score (nSPS) is 12.0. The van der Waals surface area contributed by atoms with Crippen molar-refractivity contribution in [1.29, 1.82) is 0 Å². The predicted octanol–water partition coefficient (Wildman–Crippen LogP) is 5.57. The van der Waals surface area contributed by atoms with Gasteiger partial charge in [0.2, 0.25) is 11.8 Å². The Kier molecular flexibility index (Phi) is 10.9. The van der Waals surface area contributed by atoms with Crippen LogP contribution in [0.1, 0.15) is 44.2 Å². The molecule has 0 fully saturated rings. The summed E-state index contributed by atoms with van der Waals surface area (Å²) in [6.07, 6.45) is 2.14. The lowest BCUT2D eigenvalue weighted by Crippen LogP contribution is -2.52. The first kappa shape index (κ1) is 30.2. The highest BCUT2D eigenvalue weighted by Gasteiger charge is 2.33. The van der Waals surface area contributed by atoms with E-state index in [0.29, 0.717) is 23.7 Å².